The maximum atomic E-state index is 11.9. The molecular weight excluding hydrogens is 292 g/mol. The molecule has 0 fully saturated rings. The molecule has 23 heavy (non-hydrogen) atoms. The van der Waals surface area contributed by atoms with E-state index in [-0.39, 0.29) is 6.04 Å². The van der Waals surface area contributed by atoms with Crippen LogP contribution in [0.5, 0.6) is 0 Å². The molecule has 116 valence electrons. The van der Waals surface area contributed by atoms with E-state index in [1.807, 2.05) is 42.5 Å². The first-order valence-corrected chi connectivity index (χ1v) is 7.51. The summed E-state index contributed by atoms with van der Waals surface area (Å²) in [5, 5.41) is 23.3. The van der Waals surface area contributed by atoms with Gasteiger partial charge in [-0.15, -0.1) is 0 Å². The zero-order valence-electron chi connectivity index (χ0n) is 12.3. The second kappa shape index (κ2) is 5.14. The second-order valence-corrected chi connectivity index (χ2v) is 5.72. The van der Waals surface area contributed by atoms with Gasteiger partial charge in [0.25, 0.3) is 0 Å². The van der Waals surface area contributed by atoms with E-state index < -0.39 is 12.2 Å². The normalized spacial score (nSPS) is 22.0. The van der Waals surface area contributed by atoms with Gasteiger partial charge in [0.1, 0.15) is 0 Å². The summed E-state index contributed by atoms with van der Waals surface area (Å²) in [5.41, 5.74) is 4.02. The van der Waals surface area contributed by atoms with E-state index in [1.165, 1.54) is 4.90 Å². The number of nitrogens with zero attached hydrogens (tertiary/aromatic N) is 1. The van der Waals surface area contributed by atoms with Crippen molar-refractivity contribution in [3.05, 3.63) is 65.7 Å². The Morgan fingerprint density at radius 1 is 1.13 bits per heavy atom. The standard InChI is InChI=1S/C18H16N2O3/c21-17-9-13(11-5-1-2-6-12(11)17)16-10-19-14-7-3-4-8-15(14)20(16)18(22)23/h1-9,16-17,19,21H,10H2,(H,22,23). The van der Waals surface area contributed by atoms with Crippen LogP contribution in [0.3, 0.4) is 0 Å². The number of carboxylic acid groups (broad SMARTS) is 1. The van der Waals surface area contributed by atoms with Crippen molar-refractivity contribution in [3.8, 4) is 0 Å². The minimum atomic E-state index is -0.997. The number of nitrogens with one attached hydrogen (secondary N) is 1. The molecule has 0 saturated heterocycles. The average Bonchev–Trinajstić information content (AvgIpc) is 2.91. The minimum absolute atomic E-state index is 0.374. The third kappa shape index (κ3) is 2.09. The Morgan fingerprint density at radius 3 is 2.70 bits per heavy atom. The molecular formula is C18H16N2O3. The zero-order chi connectivity index (χ0) is 16.0. The molecule has 2 unspecified atom stereocenters. The number of hydrogen-bond donors (Lipinski definition) is 3. The number of amides is 1. The Balaban J connectivity index is 1.81. The van der Waals surface area contributed by atoms with E-state index in [0.717, 1.165) is 22.4 Å². The van der Waals surface area contributed by atoms with Gasteiger partial charge in [-0.05, 0) is 34.9 Å². The van der Waals surface area contributed by atoms with Gasteiger partial charge >= 0.3 is 6.09 Å². The zero-order valence-corrected chi connectivity index (χ0v) is 12.3. The summed E-state index contributed by atoms with van der Waals surface area (Å²) < 4.78 is 0. The molecule has 2 aliphatic rings. The summed E-state index contributed by atoms with van der Waals surface area (Å²) in [6.45, 7) is 0.468. The SMILES string of the molecule is O=C(O)N1c2ccccc2NCC1C1=CC(O)c2ccccc21. The topological polar surface area (TPSA) is 72.8 Å². The minimum Gasteiger partial charge on any atom is -0.465 e. The fourth-order valence-corrected chi connectivity index (χ4v) is 3.44. The summed E-state index contributed by atoms with van der Waals surface area (Å²) >= 11 is 0. The van der Waals surface area contributed by atoms with Crippen molar-refractivity contribution in [2.45, 2.75) is 12.1 Å². The molecule has 1 heterocycles. The third-order valence-electron chi connectivity index (χ3n) is 4.45. The van der Waals surface area contributed by atoms with Crippen LogP contribution >= 0.6 is 0 Å². The van der Waals surface area contributed by atoms with Crippen molar-refractivity contribution < 1.29 is 15.0 Å². The van der Waals surface area contributed by atoms with Crippen molar-refractivity contribution >= 4 is 23.0 Å². The Morgan fingerprint density at radius 2 is 1.87 bits per heavy atom. The lowest BCUT2D eigenvalue weighted by atomic mass is 9.96. The van der Waals surface area contributed by atoms with Gasteiger partial charge in [0.05, 0.1) is 23.5 Å². The van der Waals surface area contributed by atoms with Gasteiger partial charge in [0, 0.05) is 6.54 Å². The average molecular weight is 308 g/mol. The summed E-state index contributed by atoms with van der Waals surface area (Å²) in [6, 6.07) is 14.6. The Labute approximate surface area is 133 Å². The van der Waals surface area contributed by atoms with Gasteiger partial charge in [-0.1, -0.05) is 36.4 Å². The predicted molar refractivity (Wildman–Crippen MR) is 88.6 cm³/mol. The molecule has 3 N–H and O–H groups in total. The third-order valence-corrected chi connectivity index (χ3v) is 4.45. The van der Waals surface area contributed by atoms with E-state index in [9.17, 15) is 15.0 Å². The van der Waals surface area contributed by atoms with Gasteiger partial charge in [0.15, 0.2) is 0 Å². The highest BCUT2D eigenvalue weighted by Gasteiger charge is 2.36. The number of benzene rings is 2. The highest BCUT2D eigenvalue weighted by Crippen LogP contribution is 2.41. The summed E-state index contributed by atoms with van der Waals surface area (Å²) in [5.74, 6) is 0. The lowest BCUT2D eigenvalue weighted by Gasteiger charge is -2.37. The molecule has 0 saturated carbocycles. The van der Waals surface area contributed by atoms with Crippen molar-refractivity contribution in [2.75, 3.05) is 16.8 Å². The molecule has 1 aliphatic heterocycles. The predicted octanol–water partition coefficient (Wildman–Crippen LogP) is 3.10. The Bertz CT molecular complexity index is 815. The van der Waals surface area contributed by atoms with Crippen LogP contribution in [-0.4, -0.2) is 28.9 Å². The summed E-state index contributed by atoms with van der Waals surface area (Å²) in [7, 11) is 0. The lowest BCUT2D eigenvalue weighted by Crippen LogP contribution is -2.47. The first-order chi connectivity index (χ1) is 11.2. The van der Waals surface area contributed by atoms with Crippen LogP contribution in [0.15, 0.2) is 54.6 Å². The van der Waals surface area contributed by atoms with Crippen LogP contribution in [0, 0.1) is 0 Å². The van der Waals surface area contributed by atoms with E-state index in [0.29, 0.717) is 12.2 Å². The molecule has 1 amide bonds. The maximum absolute atomic E-state index is 11.9. The van der Waals surface area contributed by atoms with Gasteiger partial charge in [-0.2, -0.15) is 0 Å². The number of rotatable bonds is 1. The van der Waals surface area contributed by atoms with E-state index in [1.54, 1.807) is 12.1 Å². The largest absolute Gasteiger partial charge is 0.465 e. The molecule has 1 aliphatic carbocycles. The van der Waals surface area contributed by atoms with Crippen LogP contribution in [0.2, 0.25) is 0 Å². The van der Waals surface area contributed by atoms with Gasteiger partial charge in [0.2, 0.25) is 0 Å². The number of aliphatic hydroxyl groups excluding tert-OH is 1. The maximum Gasteiger partial charge on any atom is 0.412 e. The molecule has 2 atom stereocenters. The Hall–Kier alpha value is -2.79. The molecule has 0 bridgehead atoms. The van der Waals surface area contributed by atoms with E-state index >= 15 is 0 Å². The molecule has 4 rings (SSSR count). The number of carbonyl (C=O) groups is 1. The molecule has 5 heteroatoms. The van der Waals surface area contributed by atoms with Gasteiger partial charge in [-0.3, -0.25) is 4.90 Å². The molecule has 5 nitrogen and oxygen atoms in total. The van der Waals surface area contributed by atoms with Gasteiger partial charge < -0.3 is 15.5 Å². The molecule has 0 radical (unpaired) electrons. The highest BCUT2D eigenvalue weighted by atomic mass is 16.4. The number of para-hydroxylation sites is 2. The molecule has 0 aromatic heterocycles. The first-order valence-electron chi connectivity index (χ1n) is 7.51. The van der Waals surface area contributed by atoms with Crippen molar-refractivity contribution in [2.24, 2.45) is 0 Å². The fourth-order valence-electron chi connectivity index (χ4n) is 3.44. The van der Waals surface area contributed by atoms with Crippen LogP contribution < -0.4 is 10.2 Å². The number of hydrogen-bond acceptors (Lipinski definition) is 3. The fraction of sp³-hybridized carbons (Fsp3) is 0.167. The van der Waals surface area contributed by atoms with E-state index in [4.69, 9.17) is 0 Å². The Kier molecular flexibility index (Phi) is 3.09. The first kappa shape index (κ1) is 13.8. The monoisotopic (exact) mass is 308 g/mol. The molecule has 0 spiro atoms. The highest BCUT2D eigenvalue weighted by molar-refractivity contribution is 5.97. The van der Waals surface area contributed by atoms with Crippen molar-refractivity contribution in [1.82, 2.24) is 0 Å². The van der Waals surface area contributed by atoms with Crippen molar-refractivity contribution in [3.63, 3.8) is 0 Å². The number of anilines is 2. The van der Waals surface area contributed by atoms with E-state index in [2.05, 4.69) is 5.32 Å². The lowest BCUT2D eigenvalue weighted by molar-refractivity contribution is 0.200. The molecule has 2 aromatic rings. The molecule has 2 aromatic carbocycles. The van der Waals surface area contributed by atoms with Crippen LogP contribution in [0.4, 0.5) is 16.2 Å². The summed E-state index contributed by atoms with van der Waals surface area (Å²) in [6.07, 6.45) is 0.0682. The summed E-state index contributed by atoms with van der Waals surface area (Å²) in [4.78, 5) is 13.3. The smallest absolute Gasteiger partial charge is 0.412 e. The van der Waals surface area contributed by atoms with Crippen LogP contribution in [-0.2, 0) is 0 Å². The van der Waals surface area contributed by atoms with Gasteiger partial charge in [-0.25, -0.2) is 4.79 Å². The van der Waals surface area contributed by atoms with Crippen molar-refractivity contribution in [1.29, 1.82) is 0 Å². The quantitative estimate of drug-likeness (QED) is 0.757. The van der Waals surface area contributed by atoms with Crippen LogP contribution in [0.1, 0.15) is 17.2 Å². The number of aliphatic hydroxyl groups is 1. The second-order valence-electron chi connectivity index (χ2n) is 5.72. The number of fused-ring (bicyclic) bond motifs is 2. The van der Waals surface area contributed by atoms with Crippen LogP contribution in [0.25, 0.3) is 5.57 Å².